The van der Waals surface area contributed by atoms with Crippen LogP contribution in [0.4, 0.5) is 110 Å². The number of hydrogen-bond donors (Lipinski definition) is 7. The number of nitrogens with zero attached hydrogens (tertiary/aromatic N) is 17. The summed E-state index contributed by atoms with van der Waals surface area (Å²) in [5.41, 5.74) is 16.2. The summed E-state index contributed by atoms with van der Waals surface area (Å²) >= 11 is 0. The number of methoxy groups -OCH3 is 4. The first-order valence-electron chi connectivity index (χ1n) is 34.9. The number of hydrogen-bond acceptors (Lipinski definition) is 28. The highest BCUT2D eigenvalue weighted by atomic mass is 16.5. The molecule has 0 saturated heterocycles. The average Bonchev–Trinajstić information content (AvgIpc) is 0.805. The summed E-state index contributed by atoms with van der Waals surface area (Å²) in [6, 6.07) is 63.7. The van der Waals surface area contributed by atoms with Crippen molar-refractivity contribution in [3.05, 3.63) is 251 Å². The van der Waals surface area contributed by atoms with Crippen LogP contribution in [0.2, 0.25) is 0 Å². The van der Waals surface area contributed by atoms with Crippen LogP contribution < -0.4 is 50.8 Å². The number of ether oxygens (including phenoxy) is 4. The van der Waals surface area contributed by atoms with Gasteiger partial charge in [0.15, 0.2) is 0 Å². The Morgan fingerprint density at radius 2 is 0.600 bits per heavy atom. The zero-order valence-electron chi connectivity index (χ0n) is 63.1. The maximum absolute atomic E-state index is 9.31. The Morgan fingerprint density at radius 1 is 0.291 bits per heavy atom. The molecule has 13 aromatic rings. The predicted octanol–water partition coefficient (Wildman–Crippen LogP) is 21.4. The van der Waals surface area contributed by atoms with Crippen LogP contribution in [0.25, 0.3) is 10.8 Å². The number of azo groups is 4. The molecule has 28 heteroatoms. The summed E-state index contributed by atoms with van der Waals surface area (Å²) < 4.78 is 22.3. The number of aryl methyl sites for hydroxylation is 9. The molecule has 3 heterocycles. The molecule has 7 N–H and O–H groups in total. The normalized spacial score (nSPS) is 11.1. The number of anilines is 11. The van der Waals surface area contributed by atoms with Crippen LogP contribution in [0.15, 0.2) is 241 Å². The van der Waals surface area contributed by atoms with Crippen molar-refractivity contribution in [3.63, 3.8) is 0 Å². The van der Waals surface area contributed by atoms with Crippen molar-refractivity contribution >= 4 is 120 Å². The van der Waals surface area contributed by atoms with Crippen molar-refractivity contribution in [2.75, 3.05) is 73.5 Å². The van der Waals surface area contributed by atoms with Crippen LogP contribution in [0, 0.1) is 62.3 Å². The van der Waals surface area contributed by atoms with Crippen LogP contribution in [0.1, 0.15) is 50.9 Å². The summed E-state index contributed by atoms with van der Waals surface area (Å²) in [6.07, 6.45) is 0. The summed E-state index contributed by atoms with van der Waals surface area (Å²) in [4.78, 5) is 39.7. The van der Waals surface area contributed by atoms with Crippen molar-refractivity contribution in [2.24, 2.45) is 40.9 Å². The van der Waals surface area contributed by atoms with E-state index in [0.717, 1.165) is 61.8 Å². The number of benzene rings is 10. The van der Waals surface area contributed by atoms with E-state index in [0.29, 0.717) is 123 Å². The molecule has 556 valence electrons. The van der Waals surface area contributed by atoms with E-state index in [4.69, 9.17) is 18.9 Å². The highest BCUT2D eigenvalue weighted by molar-refractivity contribution is 5.90. The number of rotatable bonds is 25. The van der Waals surface area contributed by atoms with Crippen LogP contribution in [-0.2, 0) is 0 Å². The maximum Gasteiger partial charge on any atom is 0.233 e. The first kappa shape index (κ1) is 77.0. The quantitative estimate of drug-likeness (QED) is 0.0261. The SMILES string of the molecule is COc1cc(N=Nc2cccc(C)c2)ccc1Nc1nc(C)nc(C)n1.COc1cc(N=Nc2cccc(C)c2)ccc1Nc1nc(C)nc(Nc2ccc(N=Nc3cccc(C)c3)cc2OC)n1.COc1cc(N=Nc2cccc(C)c2)ccc1Nc1nc(NCCO)nc(Nc2ccc3cc(C)cc(C)c3c2)n1. The molecule has 0 bridgehead atoms. The van der Waals surface area contributed by atoms with Gasteiger partial charge in [-0.1, -0.05) is 72.3 Å². The molecule has 0 atom stereocenters. The van der Waals surface area contributed by atoms with Gasteiger partial charge in [0.05, 0.1) is 103 Å². The molecule has 0 saturated carbocycles. The van der Waals surface area contributed by atoms with E-state index in [1.807, 2.05) is 199 Å². The summed E-state index contributed by atoms with van der Waals surface area (Å²) in [5.74, 6) is 6.22. The Labute approximate surface area is 637 Å². The van der Waals surface area contributed by atoms with E-state index in [-0.39, 0.29) is 6.61 Å². The Balaban J connectivity index is 0.000000169. The molecular weight excluding hydrogens is 1390 g/mol. The largest absolute Gasteiger partial charge is 0.494 e. The minimum absolute atomic E-state index is 0.0625. The van der Waals surface area contributed by atoms with E-state index >= 15 is 0 Å². The first-order chi connectivity index (χ1) is 53.3. The second-order valence-electron chi connectivity index (χ2n) is 25.1. The Kier molecular flexibility index (Phi) is 26.0. The first-order valence-corrected chi connectivity index (χ1v) is 34.9. The minimum Gasteiger partial charge on any atom is -0.494 e. The molecule has 10 aromatic carbocycles. The van der Waals surface area contributed by atoms with Crippen molar-refractivity contribution in [1.82, 2.24) is 44.9 Å². The van der Waals surface area contributed by atoms with Gasteiger partial charge in [-0.15, -0.1) is 0 Å². The van der Waals surface area contributed by atoms with Gasteiger partial charge in [0, 0.05) is 36.5 Å². The van der Waals surface area contributed by atoms with Gasteiger partial charge >= 0.3 is 0 Å². The van der Waals surface area contributed by atoms with Gasteiger partial charge in [0.1, 0.15) is 40.5 Å². The third-order valence-electron chi connectivity index (χ3n) is 16.1. The number of aliphatic hydroxyl groups excluding tert-OH is 1. The lowest BCUT2D eigenvalue weighted by Gasteiger charge is -2.14. The van der Waals surface area contributed by atoms with Gasteiger partial charge in [0.25, 0.3) is 0 Å². The van der Waals surface area contributed by atoms with Gasteiger partial charge in [-0.25, -0.2) is 4.98 Å². The van der Waals surface area contributed by atoms with Crippen LogP contribution in [-0.4, -0.2) is 91.6 Å². The fourth-order valence-electron chi connectivity index (χ4n) is 11.0. The monoisotopic (exact) mass is 1470 g/mol. The smallest absolute Gasteiger partial charge is 0.233 e. The standard InChI is InChI=1S/C32H31N9O2.C31H32N8O2.C19H20N6O/c1-20-8-6-10-23(16-20)38-40-25-12-14-27(29(18-25)42-4)35-31-33-22(3)34-32(37-31)36-28-15-13-26(19-30(28)43-5)41-39-24-11-7-9-21(2)17-24;1-19-6-5-7-24(16-19)38-39-25-10-11-27(28(18-25)41-4)34-31-36-29(32-12-13-40)35-30(37-31)33-23-9-8-22-15-20(2)14-21(3)26(22)17-23;1-12-6-5-7-15(10-12)24-25-16-8-9-17(18(11-16)26-4)23-19-21-13(2)20-14(3)22-19/h6-19H,1-5H3,(H2,33,34,35,36,37);5-11,14-18,40H,12-13H2,1-4H3,(H3,32,33,34,35,36,37);5-11H,1-4H3,(H,20,21,22,23). The van der Waals surface area contributed by atoms with Crippen molar-refractivity contribution < 1.29 is 24.1 Å². The predicted molar refractivity (Wildman–Crippen MR) is 432 cm³/mol. The van der Waals surface area contributed by atoms with Gasteiger partial charge in [-0.3, -0.25) is 0 Å². The third-order valence-corrected chi connectivity index (χ3v) is 16.1. The molecule has 13 rings (SSSR count). The maximum atomic E-state index is 9.31. The fraction of sp³-hybridized carbons (Fsp3) is 0.183. The molecule has 0 unspecified atom stereocenters. The summed E-state index contributed by atoms with van der Waals surface area (Å²) in [6.45, 7) is 17.9. The lowest BCUT2D eigenvalue weighted by atomic mass is 10.0. The highest BCUT2D eigenvalue weighted by Crippen LogP contribution is 2.38. The molecule has 28 nitrogen and oxygen atoms in total. The van der Waals surface area contributed by atoms with Gasteiger partial charge in [0.2, 0.25) is 35.7 Å². The molecule has 0 amide bonds. The highest BCUT2D eigenvalue weighted by Gasteiger charge is 2.16. The summed E-state index contributed by atoms with van der Waals surface area (Å²) in [5, 5.41) is 65.3. The Bertz CT molecular complexity index is 5380. The van der Waals surface area contributed by atoms with E-state index in [1.54, 1.807) is 53.6 Å². The van der Waals surface area contributed by atoms with E-state index < -0.39 is 0 Å². The molecular formula is C82H83N23O5. The Hall–Kier alpha value is -14.2. The van der Waals surface area contributed by atoms with E-state index in [1.165, 1.54) is 16.5 Å². The lowest BCUT2D eigenvalue weighted by Crippen LogP contribution is -2.12. The number of aromatic nitrogens is 9. The molecule has 0 aliphatic rings. The van der Waals surface area contributed by atoms with Gasteiger partial charge in [-0.05, 0) is 210 Å². The van der Waals surface area contributed by atoms with E-state index in [2.05, 4.69) is 156 Å². The summed E-state index contributed by atoms with van der Waals surface area (Å²) in [7, 11) is 6.36. The Morgan fingerprint density at radius 3 is 0.936 bits per heavy atom. The van der Waals surface area contributed by atoms with Gasteiger partial charge < -0.3 is 56.0 Å². The molecule has 0 aliphatic heterocycles. The van der Waals surface area contributed by atoms with Crippen molar-refractivity contribution in [3.8, 4) is 23.0 Å². The van der Waals surface area contributed by atoms with E-state index in [9.17, 15) is 5.11 Å². The second kappa shape index (κ2) is 37.2. The molecule has 3 aromatic heterocycles. The van der Waals surface area contributed by atoms with Crippen molar-refractivity contribution in [2.45, 2.75) is 62.3 Å². The molecule has 0 fully saturated rings. The average molecular weight is 1470 g/mol. The van der Waals surface area contributed by atoms with Crippen molar-refractivity contribution in [1.29, 1.82) is 0 Å². The molecule has 0 aliphatic carbocycles. The molecule has 0 radical (unpaired) electrons. The lowest BCUT2D eigenvalue weighted by molar-refractivity contribution is 0.311. The topological polar surface area (TPSA) is 344 Å². The minimum atomic E-state index is -0.0625. The molecule has 110 heavy (non-hydrogen) atoms. The number of nitrogens with one attached hydrogen (secondary N) is 6. The number of aliphatic hydroxyl groups is 1. The molecule has 0 spiro atoms. The number of fused-ring (bicyclic) bond motifs is 1. The fourth-order valence-corrected chi connectivity index (χ4v) is 11.0. The van der Waals surface area contributed by atoms with Crippen LogP contribution >= 0.6 is 0 Å². The third kappa shape index (κ3) is 22.2. The zero-order valence-corrected chi connectivity index (χ0v) is 63.1. The second-order valence-corrected chi connectivity index (χ2v) is 25.1. The van der Waals surface area contributed by atoms with Gasteiger partial charge in [-0.2, -0.15) is 80.8 Å². The van der Waals surface area contributed by atoms with Crippen LogP contribution in [0.3, 0.4) is 0 Å². The zero-order chi connectivity index (χ0) is 77.5. The van der Waals surface area contributed by atoms with Crippen LogP contribution in [0.5, 0.6) is 23.0 Å².